The van der Waals surface area contributed by atoms with Crippen LogP contribution in [0.25, 0.3) is 5.73 Å². The predicted molar refractivity (Wildman–Crippen MR) is 94.0 cm³/mol. The molecule has 0 aromatic rings. The molecule has 0 aromatic heterocycles. The van der Waals surface area contributed by atoms with Crippen molar-refractivity contribution in [1.82, 2.24) is 0 Å². The number of unbranched alkanes of at least 4 members (excludes halogenated alkanes) is 4. The maximum absolute atomic E-state index is 10.9. The van der Waals surface area contributed by atoms with Crippen molar-refractivity contribution >= 4 is 17.7 Å². The van der Waals surface area contributed by atoms with Crippen molar-refractivity contribution in [3.63, 3.8) is 0 Å². The average Bonchev–Trinajstić information content (AvgIpc) is 2.57. The van der Waals surface area contributed by atoms with E-state index in [0.717, 1.165) is 31.6 Å². The van der Waals surface area contributed by atoms with Gasteiger partial charge in [0, 0.05) is 6.42 Å². The summed E-state index contributed by atoms with van der Waals surface area (Å²) in [5, 5.41) is 23.4. The largest absolute Gasteiger partial charge is 2.00 e. The monoisotopic (exact) mass is 552 g/mol. The minimum Gasteiger partial charge on any atom is -0.677 e. The summed E-state index contributed by atoms with van der Waals surface area (Å²) < 4.78 is 0. The number of aliphatic hydroxyl groups excluding tert-OH is 1. The molecule has 0 spiro atoms. The number of hydrogen-bond donors (Lipinski definition) is 3. The second kappa shape index (κ2) is 16.4. The molecule has 3 atom stereocenters. The van der Waals surface area contributed by atoms with Gasteiger partial charge in [0.05, 0.1) is 0 Å². The maximum atomic E-state index is 10.9. The molecule has 1 unspecified atom stereocenters. The van der Waals surface area contributed by atoms with Gasteiger partial charge in [0.1, 0.15) is 6.61 Å². The van der Waals surface area contributed by atoms with Crippen LogP contribution in [0.15, 0.2) is 0 Å². The van der Waals surface area contributed by atoms with Crippen molar-refractivity contribution in [2.24, 2.45) is 11.8 Å². The van der Waals surface area contributed by atoms with E-state index in [-0.39, 0.29) is 39.5 Å². The molecule has 1 saturated carbocycles. The van der Waals surface area contributed by atoms with Gasteiger partial charge in [-0.05, 0) is 12.3 Å². The zero-order chi connectivity index (χ0) is 19.2. The Balaban J connectivity index is 0. The molecule has 0 radical (unpaired) electrons. The molecule has 154 valence electrons. The van der Waals surface area contributed by atoms with Crippen LogP contribution in [0.5, 0.6) is 0 Å². The summed E-state index contributed by atoms with van der Waals surface area (Å²) >= 11 is 0. The minimum absolute atomic E-state index is 0. The minimum atomic E-state index is -1.82. The number of nitrogens with one attached hydrogen (secondary N) is 1. The van der Waals surface area contributed by atoms with Crippen molar-refractivity contribution in [3.05, 3.63) is 12.7 Å². The second-order valence-electron chi connectivity index (χ2n) is 6.66. The van der Waals surface area contributed by atoms with Gasteiger partial charge in [0.15, 0.2) is 5.78 Å². The van der Waals surface area contributed by atoms with Crippen LogP contribution in [-0.2, 0) is 35.4 Å². The third kappa shape index (κ3) is 14.4. The van der Waals surface area contributed by atoms with E-state index < -0.39 is 11.9 Å². The number of hydrogen-bond acceptors (Lipinski definition) is 4. The van der Waals surface area contributed by atoms with E-state index in [1.807, 2.05) is 0 Å². The number of Topliss-reactive ketones (excluding diaryl/α,β-unsaturated/α-hetero) is 1. The van der Waals surface area contributed by atoms with Gasteiger partial charge in [0.25, 0.3) is 0 Å². The Labute approximate surface area is 170 Å². The molecule has 0 bridgehead atoms. The van der Waals surface area contributed by atoms with E-state index in [1.54, 1.807) is 0 Å². The molecule has 26 heavy (non-hydrogen) atoms. The van der Waals surface area contributed by atoms with Crippen LogP contribution in [0.1, 0.15) is 64.2 Å². The predicted octanol–water partition coefficient (Wildman–Crippen LogP) is 3.10. The molecular weight excluding hydrogens is 521 g/mol. The van der Waals surface area contributed by atoms with Crippen LogP contribution < -0.4 is 0 Å². The van der Waals surface area contributed by atoms with Gasteiger partial charge in [-0.3, -0.25) is 4.79 Å². The molecule has 0 amide bonds. The van der Waals surface area contributed by atoms with E-state index in [1.165, 1.54) is 32.1 Å². The summed E-state index contributed by atoms with van der Waals surface area (Å²) in [5.74, 6) is -2.55. The number of carbonyl (C=O) groups excluding carboxylic acids is 1. The first kappa shape index (κ1) is 27.4. The summed E-state index contributed by atoms with van der Waals surface area (Å²) in [5.41, 5.74) is 7.80. The second-order valence-corrected chi connectivity index (χ2v) is 6.66. The van der Waals surface area contributed by atoms with Crippen molar-refractivity contribution in [2.45, 2.75) is 70.3 Å². The molecule has 0 aliphatic heterocycles. The Kier molecular flexibility index (Phi) is 17.3. The summed E-state index contributed by atoms with van der Waals surface area (Å²) in [7, 11) is 0. The van der Waals surface area contributed by atoms with Crippen LogP contribution in [0.2, 0.25) is 0 Å². The van der Waals surface area contributed by atoms with Gasteiger partial charge >= 0.3 is 33.0 Å². The van der Waals surface area contributed by atoms with Gasteiger partial charge in [0.2, 0.25) is 0 Å². The number of carboxylic acid groups (broad SMARTS) is 2. The van der Waals surface area contributed by atoms with Crippen molar-refractivity contribution in [2.75, 3.05) is 6.61 Å². The first-order valence-electron chi connectivity index (χ1n) is 8.90. The van der Waals surface area contributed by atoms with Crippen molar-refractivity contribution < 1.29 is 50.8 Å². The van der Waals surface area contributed by atoms with Crippen LogP contribution in [-0.4, -0.2) is 45.7 Å². The van der Waals surface area contributed by atoms with E-state index in [0.29, 0.717) is 12.3 Å². The first-order chi connectivity index (χ1) is 11.8. The fourth-order valence-electron chi connectivity index (χ4n) is 2.99. The van der Waals surface area contributed by atoms with Gasteiger partial charge < -0.3 is 28.0 Å². The summed E-state index contributed by atoms with van der Waals surface area (Å²) in [4.78, 5) is 29.1. The Morgan fingerprint density at radius 2 is 1.50 bits per heavy atom. The zero-order valence-electron chi connectivity index (χ0n) is 15.1. The zero-order valence-corrected chi connectivity index (χ0v) is 17.4. The van der Waals surface area contributed by atoms with Crippen LogP contribution in [0, 0.1) is 18.8 Å². The van der Waals surface area contributed by atoms with E-state index in [2.05, 4.69) is 6.92 Å². The number of aliphatic carboxylic acids is 2. The molecule has 7 nitrogen and oxygen atoms in total. The topological polar surface area (TPSA) is 136 Å². The third-order valence-electron chi connectivity index (χ3n) is 4.52. The molecule has 1 rings (SSSR count). The van der Waals surface area contributed by atoms with Crippen molar-refractivity contribution in [3.8, 4) is 0 Å². The summed E-state index contributed by atoms with van der Waals surface area (Å²) in [6.45, 7) is 3.78. The van der Waals surface area contributed by atoms with Gasteiger partial charge in [-0.1, -0.05) is 51.4 Å². The van der Waals surface area contributed by atoms with Crippen LogP contribution in [0.4, 0.5) is 0 Å². The van der Waals surface area contributed by atoms with E-state index in [9.17, 15) is 4.79 Å². The number of aliphatic hydroxyl groups is 1. The number of carboxylic acids is 2. The standard InChI is InChI=1S/C16H29NO2.C2H2O4.Pt/c1-13-11-14(9-10-16(13)17)7-5-3-2-4-6-8-15(19)12-18;3-1(4)2(5)6;/h13-14,16-18H,1-12H2;(H,3,4)(H,5,6);/q-2;;+2/t13-,14?,16-;;/m1../s1. The number of carbonyl (C=O) groups is 3. The van der Waals surface area contributed by atoms with E-state index >= 15 is 0 Å². The molecule has 4 N–H and O–H groups in total. The normalized spacial score (nSPS) is 21.7. The molecule has 1 fully saturated rings. The molecule has 0 aromatic carbocycles. The quantitative estimate of drug-likeness (QED) is 0.229. The van der Waals surface area contributed by atoms with Crippen LogP contribution >= 0.6 is 0 Å². The Morgan fingerprint density at radius 3 is 2.00 bits per heavy atom. The van der Waals surface area contributed by atoms with Gasteiger partial charge in [-0.25, -0.2) is 9.59 Å². The first-order valence-corrected chi connectivity index (χ1v) is 8.90. The average molecular weight is 553 g/mol. The van der Waals surface area contributed by atoms with Crippen LogP contribution in [0.3, 0.4) is 0 Å². The molecule has 1 aliphatic rings. The van der Waals surface area contributed by atoms with Gasteiger partial charge in [-0.2, -0.15) is 12.0 Å². The molecule has 0 heterocycles. The van der Waals surface area contributed by atoms with E-state index in [4.69, 9.17) is 30.6 Å². The van der Waals surface area contributed by atoms with Crippen molar-refractivity contribution in [1.29, 1.82) is 0 Å². The number of ketones is 1. The number of rotatable bonds is 9. The fourth-order valence-corrected chi connectivity index (χ4v) is 2.99. The molecule has 8 heteroatoms. The Hall–Kier alpha value is -0.782. The molecule has 1 aliphatic carbocycles. The SMILES string of the molecule is O=C(O)C(=O)O.[CH2-][C@@H]1CC(CCCCCCCC(=O)CO)CC[C@H]1[NH-].[Pt+2]. The maximum Gasteiger partial charge on any atom is 2.00 e. The summed E-state index contributed by atoms with van der Waals surface area (Å²) in [6.07, 6.45) is 10.9. The molecular formula is C18H31NO6Pt. The summed E-state index contributed by atoms with van der Waals surface area (Å²) in [6, 6.07) is 0.0697. The molecule has 0 saturated heterocycles. The smallest absolute Gasteiger partial charge is 0.677 e. The Morgan fingerprint density at radius 1 is 0.962 bits per heavy atom. The Bertz CT molecular complexity index is 406. The fraction of sp³-hybridized carbons (Fsp3) is 0.778. The van der Waals surface area contributed by atoms with Gasteiger partial charge in [-0.15, -0.1) is 0 Å². The third-order valence-corrected chi connectivity index (χ3v) is 4.52.